The Balaban J connectivity index is 1.76. The van der Waals surface area contributed by atoms with Gasteiger partial charge in [0.15, 0.2) is 0 Å². The van der Waals surface area contributed by atoms with E-state index in [-0.39, 0.29) is 0 Å². The zero-order valence-corrected chi connectivity index (χ0v) is 18.1. The predicted molar refractivity (Wildman–Crippen MR) is 124 cm³/mol. The lowest BCUT2D eigenvalue weighted by atomic mass is 10.00. The van der Waals surface area contributed by atoms with E-state index in [9.17, 15) is 4.79 Å². The second-order valence-electron chi connectivity index (χ2n) is 6.15. The Hall–Kier alpha value is -3.15. The molecule has 2 aromatic carbocycles. The topological polar surface area (TPSA) is 48.4 Å². The molecular weight excluding hydrogens is 418 g/mol. The fourth-order valence-electron chi connectivity index (χ4n) is 2.74. The van der Waals surface area contributed by atoms with Crippen LogP contribution in [0.2, 0.25) is 5.02 Å². The number of hydrogen-bond acceptors (Lipinski definition) is 5. The van der Waals surface area contributed by atoms with Crippen molar-refractivity contribution in [1.82, 2.24) is 4.98 Å². The van der Waals surface area contributed by atoms with Gasteiger partial charge in [0.05, 0.1) is 26.2 Å². The maximum Gasteiger partial charge on any atom is 0.341 e. The van der Waals surface area contributed by atoms with Crippen LogP contribution in [0.4, 0.5) is 0 Å². The number of benzene rings is 2. The molecule has 3 rings (SSSR count). The van der Waals surface area contributed by atoms with Gasteiger partial charge in [-0.25, -0.2) is 9.78 Å². The quantitative estimate of drug-likeness (QED) is 0.187. The summed E-state index contributed by atoms with van der Waals surface area (Å²) < 4.78 is 9.91. The number of esters is 1. The zero-order valence-electron chi connectivity index (χ0n) is 16.5. The summed E-state index contributed by atoms with van der Waals surface area (Å²) in [5.74, 6) is -0.453. The number of carbonyl (C=O) groups is 1. The summed E-state index contributed by atoms with van der Waals surface area (Å²) in [6.07, 6.45) is 9.06. The number of halogens is 1. The Kier molecular flexibility index (Phi) is 7.60. The number of thiazole rings is 1. The van der Waals surface area contributed by atoms with Gasteiger partial charge in [-0.1, -0.05) is 66.2 Å². The monoisotopic (exact) mass is 437 g/mol. The molecule has 0 bridgehead atoms. The van der Waals surface area contributed by atoms with Crippen LogP contribution >= 0.6 is 22.9 Å². The minimum atomic E-state index is -0.453. The minimum Gasteiger partial charge on any atom is -0.503 e. The van der Waals surface area contributed by atoms with Gasteiger partial charge in [-0.15, -0.1) is 11.3 Å². The SMILES string of the molecule is COC=C(C(=O)OC)c1ccccc1C=CC=Cc1csc(-c2ccc(Cl)cc2)n1. The molecule has 0 aliphatic heterocycles. The lowest BCUT2D eigenvalue weighted by Crippen LogP contribution is -2.05. The van der Waals surface area contributed by atoms with Crippen LogP contribution in [0.25, 0.3) is 28.3 Å². The van der Waals surface area contributed by atoms with Crippen molar-refractivity contribution in [2.24, 2.45) is 0 Å². The minimum absolute atomic E-state index is 0.358. The van der Waals surface area contributed by atoms with Crippen LogP contribution in [0.3, 0.4) is 0 Å². The zero-order chi connectivity index (χ0) is 21.3. The third-order valence-electron chi connectivity index (χ3n) is 4.16. The van der Waals surface area contributed by atoms with Crippen molar-refractivity contribution in [3.05, 3.63) is 94.2 Å². The number of allylic oxidation sites excluding steroid dienone is 2. The third-order valence-corrected chi connectivity index (χ3v) is 5.32. The van der Waals surface area contributed by atoms with Crippen molar-refractivity contribution >= 4 is 46.6 Å². The number of ether oxygens (including phenoxy) is 2. The normalized spacial score (nSPS) is 11.9. The summed E-state index contributed by atoms with van der Waals surface area (Å²) in [6.45, 7) is 0. The summed E-state index contributed by atoms with van der Waals surface area (Å²) >= 11 is 7.52. The molecule has 0 amide bonds. The molecule has 6 heteroatoms. The lowest BCUT2D eigenvalue weighted by Gasteiger charge is -2.08. The van der Waals surface area contributed by atoms with Gasteiger partial charge >= 0.3 is 5.97 Å². The van der Waals surface area contributed by atoms with Crippen LogP contribution in [-0.2, 0) is 14.3 Å². The molecule has 30 heavy (non-hydrogen) atoms. The van der Waals surface area contributed by atoms with Gasteiger partial charge in [0.2, 0.25) is 0 Å². The number of aromatic nitrogens is 1. The Morgan fingerprint density at radius 2 is 1.77 bits per heavy atom. The first-order chi connectivity index (χ1) is 14.6. The molecule has 4 nitrogen and oxygen atoms in total. The molecule has 1 heterocycles. The van der Waals surface area contributed by atoms with Gasteiger partial charge in [-0.05, 0) is 29.3 Å². The summed E-state index contributed by atoms with van der Waals surface area (Å²) in [4.78, 5) is 16.7. The Bertz CT molecular complexity index is 1100. The van der Waals surface area contributed by atoms with Gasteiger partial charge in [-0.2, -0.15) is 0 Å². The smallest absolute Gasteiger partial charge is 0.341 e. The van der Waals surface area contributed by atoms with Crippen LogP contribution in [-0.4, -0.2) is 25.2 Å². The van der Waals surface area contributed by atoms with Crippen molar-refractivity contribution in [2.45, 2.75) is 0 Å². The van der Waals surface area contributed by atoms with Crippen molar-refractivity contribution < 1.29 is 14.3 Å². The molecule has 0 fully saturated rings. The van der Waals surface area contributed by atoms with Gasteiger partial charge < -0.3 is 9.47 Å². The Morgan fingerprint density at radius 1 is 1.03 bits per heavy atom. The summed E-state index contributed by atoms with van der Waals surface area (Å²) in [6, 6.07) is 15.2. The van der Waals surface area contributed by atoms with Crippen molar-refractivity contribution in [3.63, 3.8) is 0 Å². The van der Waals surface area contributed by atoms with Crippen LogP contribution in [0.1, 0.15) is 16.8 Å². The molecule has 0 saturated carbocycles. The van der Waals surface area contributed by atoms with Crippen LogP contribution in [0.5, 0.6) is 0 Å². The van der Waals surface area contributed by atoms with E-state index >= 15 is 0 Å². The molecular formula is C24H20ClNO3S. The van der Waals surface area contributed by atoms with Gasteiger partial charge in [0.1, 0.15) is 10.6 Å². The average Bonchev–Trinajstić information content (AvgIpc) is 3.24. The molecule has 0 atom stereocenters. The number of hydrogen-bond donors (Lipinski definition) is 0. The Labute approximate surface area is 184 Å². The fraction of sp³-hybridized carbons (Fsp3) is 0.0833. The van der Waals surface area contributed by atoms with Crippen molar-refractivity contribution in [2.75, 3.05) is 14.2 Å². The fourth-order valence-corrected chi connectivity index (χ4v) is 3.66. The van der Waals surface area contributed by atoms with Crippen molar-refractivity contribution in [3.8, 4) is 10.6 Å². The first-order valence-corrected chi connectivity index (χ1v) is 10.3. The molecule has 0 aliphatic carbocycles. The van der Waals surface area contributed by atoms with Crippen LogP contribution in [0.15, 0.2) is 72.3 Å². The van der Waals surface area contributed by atoms with Crippen LogP contribution in [0, 0.1) is 0 Å². The van der Waals surface area contributed by atoms with E-state index in [4.69, 9.17) is 21.1 Å². The highest BCUT2D eigenvalue weighted by Crippen LogP contribution is 2.26. The standard InChI is InChI=1S/C24H20ClNO3S/c1-28-15-22(24(27)29-2)21-10-6-4-8-17(21)7-3-5-9-20-16-30-23(26-20)18-11-13-19(25)14-12-18/h3-16H,1-2H3. The molecule has 0 saturated heterocycles. The first kappa shape index (κ1) is 21.6. The highest BCUT2D eigenvalue weighted by atomic mass is 35.5. The van der Waals surface area contributed by atoms with E-state index < -0.39 is 5.97 Å². The van der Waals surface area contributed by atoms with E-state index in [2.05, 4.69) is 4.98 Å². The largest absolute Gasteiger partial charge is 0.503 e. The van der Waals surface area contributed by atoms with Gasteiger partial charge in [0.25, 0.3) is 0 Å². The summed E-state index contributed by atoms with van der Waals surface area (Å²) in [7, 11) is 2.84. The van der Waals surface area contributed by atoms with E-state index in [1.54, 1.807) is 11.3 Å². The van der Waals surface area contributed by atoms with Gasteiger partial charge in [0, 0.05) is 16.0 Å². The number of methoxy groups -OCH3 is 2. The molecule has 0 spiro atoms. The van der Waals surface area contributed by atoms with Crippen molar-refractivity contribution in [1.29, 1.82) is 0 Å². The van der Waals surface area contributed by atoms with E-state index in [1.807, 2.05) is 78.2 Å². The summed E-state index contributed by atoms with van der Waals surface area (Å²) in [5.41, 5.74) is 3.87. The van der Waals surface area contributed by atoms with Gasteiger partial charge in [-0.3, -0.25) is 0 Å². The van der Waals surface area contributed by atoms with E-state index in [1.165, 1.54) is 20.5 Å². The van der Waals surface area contributed by atoms with E-state index in [0.29, 0.717) is 10.6 Å². The number of carbonyl (C=O) groups excluding carboxylic acids is 1. The second kappa shape index (κ2) is 10.6. The lowest BCUT2D eigenvalue weighted by molar-refractivity contribution is -0.133. The molecule has 1 aromatic heterocycles. The van der Waals surface area contributed by atoms with Crippen LogP contribution < -0.4 is 0 Å². The molecule has 152 valence electrons. The molecule has 0 aliphatic rings. The Morgan fingerprint density at radius 3 is 2.50 bits per heavy atom. The third kappa shape index (κ3) is 5.47. The molecule has 0 unspecified atom stereocenters. The first-order valence-electron chi connectivity index (χ1n) is 9.09. The molecule has 0 radical (unpaired) electrons. The number of rotatable bonds is 7. The number of nitrogens with zero attached hydrogens (tertiary/aromatic N) is 1. The average molecular weight is 438 g/mol. The highest BCUT2D eigenvalue weighted by Gasteiger charge is 2.15. The predicted octanol–water partition coefficient (Wildman–Crippen LogP) is 6.35. The molecule has 0 N–H and O–H groups in total. The summed E-state index contributed by atoms with van der Waals surface area (Å²) in [5, 5.41) is 3.64. The maximum absolute atomic E-state index is 12.1. The van der Waals surface area contributed by atoms with E-state index in [0.717, 1.165) is 27.4 Å². The maximum atomic E-state index is 12.1. The molecule has 3 aromatic rings. The highest BCUT2D eigenvalue weighted by molar-refractivity contribution is 7.13. The second-order valence-corrected chi connectivity index (χ2v) is 7.44.